The molecule has 4 nitrogen and oxygen atoms in total. The SMILES string of the molecule is COc1ccc(CNC(c2ccc(C)cc2)c2cccs2)cc1Cn1ccnc1C. The Balaban J connectivity index is 1.55. The lowest BCUT2D eigenvalue weighted by molar-refractivity contribution is 0.408. The summed E-state index contributed by atoms with van der Waals surface area (Å²) in [5.41, 5.74) is 4.95. The van der Waals surface area contributed by atoms with Crippen molar-refractivity contribution < 1.29 is 4.74 Å². The molecule has 0 bridgehead atoms. The minimum Gasteiger partial charge on any atom is -0.496 e. The minimum atomic E-state index is 0.173. The van der Waals surface area contributed by atoms with Crippen LogP contribution in [0, 0.1) is 13.8 Å². The third-order valence-electron chi connectivity index (χ3n) is 5.36. The van der Waals surface area contributed by atoms with Crippen LogP contribution in [0.4, 0.5) is 0 Å². The van der Waals surface area contributed by atoms with Crippen LogP contribution in [0.1, 0.15) is 39.0 Å². The van der Waals surface area contributed by atoms with Crippen LogP contribution >= 0.6 is 11.3 Å². The number of benzene rings is 2. The van der Waals surface area contributed by atoms with Crippen molar-refractivity contribution in [1.82, 2.24) is 14.9 Å². The van der Waals surface area contributed by atoms with Gasteiger partial charge in [0.15, 0.2) is 0 Å². The van der Waals surface area contributed by atoms with E-state index in [1.165, 1.54) is 21.6 Å². The molecule has 0 fully saturated rings. The van der Waals surface area contributed by atoms with Crippen molar-refractivity contribution in [3.05, 3.63) is 105 Å². The average molecular weight is 418 g/mol. The van der Waals surface area contributed by atoms with Gasteiger partial charge >= 0.3 is 0 Å². The number of ether oxygens (including phenoxy) is 1. The molecule has 30 heavy (non-hydrogen) atoms. The summed E-state index contributed by atoms with van der Waals surface area (Å²) < 4.78 is 7.74. The fourth-order valence-electron chi connectivity index (χ4n) is 3.64. The van der Waals surface area contributed by atoms with E-state index < -0.39 is 0 Å². The molecule has 0 amide bonds. The van der Waals surface area contributed by atoms with Crippen molar-refractivity contribution in [2.24, 2.45) is 0 Å². The van der Waals surface area contributed by atoms with Crippen molar-refractivity contribution in [1.29, 1.82) is 0 Å². The Morgan fingerprint density at radius 2 is 1.93 bits per heavy atom. The van der Waals surface area contributed by atoms with Gasteiger partial charge in [-0.1, -0.05) is 42.0 Å². The van der Waals surface area contributed by atoms with Gasteiger partial charge in [-0.3, -0.25) is 0 Å². The Morgan fingerprint density at radius 1 is 1.10 bits per heavy atom. The van der Waals surface area contributed by atoms with Crippen LogP contribution in [0.3, 0.4) is 0 Å². The molecule has 0 aliphatic carbocycles. The molecule has 0 aliphatic rings. The van der Waals surface area contributed by atoms with E-state index in [0.29, 0.717) is 0 Å². The normalized spacial score (nSPS) is 12.1. The maximum absolute atomic E-state index is 5.60. The molecule has 5 heteroatoms. The number of hydrogen-bond donors (Lipinski definition) is 1. The smallest absolute Gasteiger partial charge is 0.123 e. The molecule has 2 aromatic heterocycles. The van der Waals surface area contributed by atoms with E-state index in [2.05, 4.69) is 81.8 Å². The maximum Gasteiger partial charge on any atom is 0.123 e. The van der Waals surface area contributed by atoms with Gasteiger partial charge < -0.3 is 14.6 Å². The largest absolute Gasteiger partial charge is 0.496 e. The minimum absolute atomic E-state index is 0.173. The number of nitrogens with zero attached hydrogens (tertiary/aromatic N) is 2. The number of methoxy groups -OCH3 is 1. The van der Waals surface area contributed by atoms with Gasteiger partial charge in [0, 0.05) is 29.4 Å². The number of thiophene rings is 1. The molecule has 0 radical (unpaired) electrons. The first kappa shape index (κ1) is 20.4. The molecule has 1 N–H and O–H groups in total. The number of aryl methyl sites for hydroxylation is 2. The molecular weight excluding hydrogens is 390 g/mol. The predicted octanol–water partition coefficient (Wildman–Crippen LogP) is 5.50. The Labute approximate surface area is 182 Å². The Kier molecular flexibility index (Phi) is 6.31. The number of imidazole rings is 1. The van der Waals surface area contributed by atoms with Gasteiger partial charge in [-0.15, -0.1) is 11.3 Å². The number of rotatable bonds is 8. The van der Waals surface area contributed by atoms with E-state index in [4.69, 9.17) is 4.74 Å². The highest BCUT2D eigenvalue weighted by atomic mass is 32.1. The van der Waals surface area contributed by atoms with Gasteiger partial charge in [-0.2, -0.15) is 0 Å². The molecule has 4 rings (SSSR count). The van der Waals surface area contributed by atoms with Gasteiger partial charge in [0.05, 0.1) is 19.7 Å². The highest BCUT2D eigenvalue weighted by molar-refractivity contribution is 7.10. The lowest BCUT2D eigenvalue weighted by atomic mass is 10.0. The van der Waals surface area contributed by atoms with Crippen LogP contribution in [0.5, 0.6) is 5.75 Å². The van der Waals surface area contributed by atoms with Crippen LogP contribution in [0.25, 0.3) is 0 Å². The lowest BCUT2D eigenvalue weighted by Gasteiger charge is -2.19. The molecule has 1 unspecified atom stereocenters. The summed E-state index contributed by atoms with van der Waals surface area (Å²) in [7, 11) is 1.72. The van der Waals surface area contributed by atoms with Gasteiger partial charge in [-0.05, 0) is 48.6 Å². The topological polar surface area (TPSA) is 39.1 Å². The van der Waals surface area contributed by atoms with Crippen molar-refractivity contribution in [3.63, 3.8) is 0 Å². The zero-order valence-electron chi connectivity index (χ0n) is 17.6. The van der Waals surface area contributed by atoms with Crippen LogP contribution in [0.15, 0.2) is 72.4 Å². The van der Waals surface area contributed by atoms with E-state index in [1.807, 2.05) is 19.3 Å². The molecule has 2 aromatic carbocycles. The van der Waals surface area contributed by atoms with Crippen LogP contribution in [-0.2, 0) is 13.1 Å². The second-order valence-electron chi connectivity index (χ2n) is 7.49. The third kappa shape index (κ3) is 4.64. The molecule has 0 aliphatic heterocycles. The van der Waals surface area contributed by atoms with E-state index in [9.17, 15) is 0 Å². The number of hydrogen-bond acceptors (Lipinski definition) is 4. The van der Waals surface area contributed by atoms with Gasteiger partial charge in [0.25, 0.3) is 0 Å². The summed E-state index contributed by atoms with van der Waals surface area (Å²) in [5.74, 6) is 1.90. The number of aromatic nitrogens is 2. The van der Waals surface area contributed by atoms with E-state index >= 15 is 0 Å². The van der Waals surface area contributed by atoms with Crippen LogP contribution in [-0.4, -0.2) is 16.7 Å². The first-order chi connectivity index (χ1) is 14.6. The molecular formula is C25H27N3OS. The molecule has 0 saturated heterocycles. The summed E-state index contributed by atoms with van der Waals surface area (Å²) in [6.45, 7) is 5.66. The van der Waals surface area contributed by atoms with Gasteiger partial charge in [0.1, 0.15) is 11.6 Å². The fraction of sp³-hybridized carbons (Fsp3) is 0.240. The third-order valence-corrected chi connectivity index (χ3v) is 6.30. The Bertz CT molecular complexity index is 1080. The first-order valence-corrected chi connectivity index (χ1v) is 11.0. The summed E-state index contributed by atoms with van der Waals surface area (Å²) in [6, 6.07) is 19.7. The lowest BCUT2D eigenvalue weighted by Crippen LogP contribution is -2.21. The number of nitrogens with one attached hydrogen (secondary N) is 1. The van der Waals surface area contributed by atoms with Gasteiger partial charge in [0.2, 0.25) is 0 Å². The standard InChI is InChI=1S/C25H27N3OS/c1-18-6-9-21(10-7-18)25(24-5-4-14-30-24)27-16-20-8-11-23(29-3)22(15-20)17-28-13-12-26-19(28)2/h4-15,25,27H,16-17H2,1-3H3. The molecule has 1 atom stereocenters. The van der Waals surface area contributed by atoms with Crippen LogP contribution < -0.4 is 10.1 Å². The summed E-state index contributed by atoms with van der Waals surface area (Å²) in [4.78, 5) is 5.65. The Hall–Kier alpha value is -2.89. The molecule has 0 saturated carbocycles. The summed E-state index contributed by atoms with van der Waals surface area (Å²) >= 11 is 1.79. The van der Waals surface area contributed by atoms with Crippen LogP contribution in [0.2, 0.25) is 0 Å². The van der Waals surface area contributed by atoms with E-state index in [0.717, 1.165) is 30.2 Å². The summed E-state index contributed by atoms with van der Waals surface area (Å²) in [6.07, 6.45) is 3.84. The molecule has 154 valence electrons. The van der Waals surface area contributed by atoms with Crippen molar-refractivity contribution in [2.75, 3.05) is 7.11 Å². The summed E-state index contributed by atoms with van der Waals surface area (Å²) in [5, 5.41) is 5.90. The first-order valence-electron chi connectivity index (χ1n) is 10.1. The molecule has 4 aromatic rings. The predicted molar refractivity (Wildman–Crippen MR) is 123 cm³/mol. The molecule has 0 spiro atoms. The quantitative estimate of drug-likeness (QED) is 0.412. The second-order valence-corrected chi connectivity index (χ2v) is 8.47. The fourth-order valence-corrected chi connectivity index (χ4v) is 4.46. The van der Waals surface area contributed by atoms with Crippen molar-refractivity contribution in [2.45, 2.75) is 33.0 Å². The van der Waals surface area contributed by atoms with Gasteiger partial charge in [-0.25, -0.2) is 4.98 Å². The monoisotopic (exact) mass is 417 g/mol. The van der Waals surface area contributed by atoms with Crippen molar-refractivity contribution >= 4 is 11.3 Å². The highest BCUT2D eigenvalue weighted by Crippen LogP contribution is 2.27. The zero-order valence-corrected chi connectivity index (χ0v) is 18.4. The maximum atomic E-state index is 5.60. The molecule has 2 heterocycles. The van der Waals surface area contributed by atoms with E-state index in [1.54, 1.807) is 18.4 Å². The Morgan fingerprint density at radius 3 is 2.60 bits per heavy atom. The van der Waals surface area contributed by atoms with Crippen molar-refractivity contribution in [3.8, 4) is 5.75 Å². The highest BCUT2D eigenvalue weighted by Gasteiger charge is 2.15. The zero-order chi connectivity index (χ0) is 20.9. The second kappa shape index (κ2) is 9.28. The van der Waals surface area contributed by atoms with E-state index in [-0.39, 0.29) is 6.04 Å². The average Bonchev–Trinajstić information content (AvgIpc) is 3.42.